The summed E-state index contributed by atoms with van der Waals surface area (Å²) in [6.07, 6.45) is 7.08. The van der Waals surface area contributed by atoms with Crippen LogP contribution in [0.3, 0.4) is 0 Å². The van der Waals surface area contributed by atoms with Gasteiger partial charge in [0.15, 0.2) is 0 Å². The average Bonchev–Trinajstić information content (AvgIpc) is 2.98. The van der Waals surface area contributed by atoms with Gasteiger partial charge in [0, 0.05) is 37.7 Å². The summed E-state index contributed by atoms with van der Waals surface area (Å²) in [5.41, 5.74) is 1.30. The van der Waals surface area contributed by atoms with Crippen LogP contribution < -0.4 is 4.90 Å². The van der Waals surface area contributed by atoms with Crippen LogP contribution in [0.5, 0.6) is 0 Å². The van der Waals surface area contributed by atoms with Crippen molar-refractivity contribution in [1.29, 1.82) is 0 Å². The SMILES string of the molecule is Cc1nccnc1N1CCC(n2cccc2C(=O)O)CC1. The Morgan fingerprint density at radius 2 is 2.00 bits per heavy atom. The van der Waals surface area contributed by atoms with E-state index in [1.54, 1.807) is 24.5 Å². The fraction of sp³-hybridized carbons (Fsp3) is 0.400. The standard InChI is InChI=1S/C15H18N4O2/c1-11-14(17-7-6-16-11)18-9-4-12(5-10-18)19-8-2-3-13(19)15(20)21/h2-3,6-8,12H,4-5,9-10H2,1H3,(H,20,21). The molecule has 0 radical (unpaired) electrons. The molecule has 2 aromatic rings. The summed E-state index contributed by atoms with van der Waals surface area (Å²) in [7, 11) is 0. The van der Waals surface area contributed by atoms with Crippen LogP contribution in [0.15, 0.2) is 30.7 Å². The Morgan fingerprint density at radius 3 is 2.67 bits per heavy atom. The third-order valence-electron chi connectivity index (χ3n) is 4.01. The van der Waals surface area contributed by atoms with Crippen molar-refractivity contribution in [2.75, 3.05) is 18.0 Å². The molecule has 6 heteroatoms. The molecular weight excluding hydrogens is 268 g/mol. The van der Waals surface area contributed by atoms with E-state index in [1.807, 2.05) is 17.7 Å². The molecule has 0 atom stereocenters. The maximum atomic E-state index is 11.2. The number of carboxylic acids is 1. The number of aromatic nitrogens is 3. The van der Waals surface area contributed by atoms with Crippen LogP contribution in [0.1, 0.15) is 35.1 Å². The molecule has 3 heterocycles. The minimum absolute atomic E-state index is 0.235. The predicted molar refractivity (Wildman–Crippen MR) is 78.6 cm³/mol. The lowest BCUT2D eigenvalue weighted by Crippen LogP contribution is -2.36. The molecule has 6 nitrogen and oxygen atoms in total. The second kappa shape index (κ2) is 5.55. The molecule has 1 aliphatic heterocycles. The molecule has 0 saturated carbocycles. The number of anilines is 1. The lowest BCUT2D eigenvalue weighted by molar-refractivity contribution is 0.0681. The van der Waals surface area contributed by atoms with Gasteiger partial charge >= 0.3 is 5.97 Å². The number of rotatable bonds is 3. The highest BCUT2D eigenvalue weighted by molar-refractivity contribution is 5.85. The van der Waals surface area contributed by atoms with E-state index in [0.717, 1.165) is 37.4 Å². The first-order valence-electron chi connectivity index (χ1n) is 7.09. The molecule has 110 valence electrons. The van der Waals surface area contributed by atoms with Crippen molar-refractivity contribution in [3.63, 3.8) is 0 Å². The minimum Gasteiger partial charge on any atom is -0.477 e. The smallest absolute Gasteiger partial charge is 0.352 e. The Morgan fingerprint density at radius 1 is 1.29 bits per heavy atom. The van der Waals surface area contributed by atoms with Gasteiger partial charge in [-0.25, -0.2) is 9.78 Å². The van der Waals surface area contributed by atoms with Gasteiger partial charge in [0.05, 0.1) is 5.69 Å². The number of hydrogen-bond donors (Lipinski definition) is 1. The van der Waals surface area contributed by atoms with Crippen LogP contribution in [0, 0.1) is 6.92 Å². The van der Waals surface area contributed by atoms with E-state index in [0.29, 0.717) is 5.69 Å². The van der Waals surface area contributed by atoms with E-state index in [9.17, 15) is 9.90 Å². The van der Waals surface area contributed by atoms with Gasteiger partial charge < -0.3 is 14.6 Å². The summed E-state index contributed by atoms with van der Waals surface area (Å²) >= 11 is 0. The topological polar surface area (TPSA) is 71.2 Å². The van der Waals surface area contributed by atoms with E-state index in [-0.39, 0.29) is 6.04 Å². The average molecular weight is 286 g/mol. The number of hydrogen-bond acceptors (Lipinski definition) is 4. The number of carboxylic acid groups (broad SMARTS) is 1. The predicted octanol–water partition coefficient (Wildman–Crippen LogP) is 2.13. The Labute approximate surface area is 123 Å². The van der Waals surface area contributed by atoms with E-state index in [2.05, 4.69) is 14.9 Å². The molecule has 1 aliphatic rings. The Kier molecular flexibility index (Phi) is 3.60. The summed E-state index contributed by atoms with van der Waals surface area (Å²) in [4.78, 5) is 22.1. The van der Waals surface area contributed by atoms with Crippen molar-refractivity contribution in [3.05, 3.63) is 42.1 Å². The number of carbonyl (C=O) groups is 1. The molecule has 0 bridgehead atoms. The fourth-order valence-electron chi connectivity index (χ4n) is 2.96. The fourth-order valence-corrected chi connectivity index (χ4v) is 2.96. The molecule has 0 spiro atoms. The number of aromatic carboxylic acids is 1. The first kappa shape index (κ1) is 13.6. The van der Waals surface area contributed by atoms with Gasteiger partial charge in [-0.15, -0.1) is 0 Å². The largest absolute Gasteiger partial charge is 0.477 e. The zero-order chi connectivity index (χ0) is 14.8. The molecule has 1 N–H and O–H groups in total. The lowest BCUT2D eigenvalue weighted by atomic mass is 10.0. The molecule has 0 unspecified atom stereocenters. The third-order valence-corrected chi connectivity index (χ3v) is 4.01. The lowest BCUT2D eigenvalue weighted by Gasteiger charge is -2.34. The van der Waals surface area contributed by atoms with Crippen LogP contribution in [0.25, 0.3) is 0 Å². The molecule has 3 rings (SSSR count). The molecule has 2 aromatic heterocycles. The minimum atomic E-state index is -0.868. The van der Waals surface area contributed by atoms with Crippen LogP contribution in [-0.4, -0.2) is 38.7 Å². The summed E-state index contributed by atoms with van der Waals surface area (Å²) in [6.45, 7) is 3.69. The van der Waals surface area contributed by atoms with Gasteiger partial charge in [-0.3, -0.25) is 4.98 Å². The number of nitrogens with zero attached hydrogens (tertiary/aromatic N) is 4. The van der Waals surface area contributed by atoms with Crippen molar-refractivity contribution in [3.8, 4) is 0 Å². The van der Waals surface area contributed by atoms with E-state index < -0.39 is 5.97 Å². The molecule has 1 fully saturated rings. The molecule has 21 heavy (non-hydrogen) atoms. The Balaban J connectivity index is 1.72. The quantitative estimate of drug-likeness (QED) is 0.936. The first-order valence-corrected chi connectivity index (χ1v) is 7.09. The van der Waals surface area contributed by atoms with Crippen molar-refractivity contribution < 1.29 is 9.90 Å². The summed E-state index contributed by atoms with van der Waals surface area (Å²) in [6, 6.07) is 3.68. The summed E-state index contributed by atoms with van der Waals surface area (Å²) in [5, 5.41) is 9.20. The second-order valence-electron chi connectivity index (χ2n) is 5.29. The Bertz CT molecular complexity index is 645. The molecular formula is C15H18N4O2. The van der Waals surface area contributed by atoms with E-state index in [4.69, 9.17) is 0 Å². The third kappa shape index (κ3) is 2.61. The second-order valence-corrected chi connectivity index (χ2v) is 5.29. The van der Waals surface area contributed by atoms with Crippen molar-refractivity contribution in [2.24, 2.45) is 0 Å². The number of piperidine rings is 1. The monoisotopic (exact) mass is 286 g/mol. The van der Waals surface area contributed by atoms with Crippen molar-refractivity contribution in [1.82, 2.24) is 14.5 Å². The first-order chi connectivity index (χ1) is 10.2. The van der Waals surface area contributed by atoms with Gasteiger partial charge in [-0.1, -0.05) is 0 Å². The van der Waals surface area contributed by atoms with Gasteiger partial charge in [0.2, 0.25) is 0 Å². The normalized spacial score (nSPS) is 16.1. The zero-order valence-corrected chi connectivity index (χ0v) is 11.9. The van der Waals surface area contributed by atoms with Gasteiger partial charge in [0.1, 0.15) is 11.5 Å². The molecule has 0 aliphatic carbocycles. The van der Waals surface area contributed by atoms with Crippen molar-refractivity contribution >= 4 is 11.8 Å². The van der Waals surface area contributed by atoms with Gasteiger partial charge in [0.25, 0.3) is 0 Å². The summed E-state index contributed by atoms with van der Waals surface area (Å²) < 4.78 is 1.88. The van der Waals surface area contributed by atoms with Gasteiger partial charge in [-0.2, -0.15) is 0 Å². The summed E-state index contributed by atoms with van der Waals surface area (Å²) in [5.74, 6) is 0.0640. The van der Waals surface area contributed by atoms with E-state index in [1.165, 1.54) is 0 Å². The van der Waals surface area contributed by atoms with Crippen molar-refractivity contribution in [2.45, 2.75) is 25.8 Å². The number of aryl methyl sites for hydroxylation is 1. The molecule has 0 aromatic carbocycles. The maximum absolute atomic E-state index is 11.2. The highest BCUT2D eigenvalue weighted by atomic mass is 16.4. The van der Waals surface area contributed by atoms with Gasteiger partial charge in [-0.05, 0) is 31.9 Å². The van der Waals surface area contributed by atoms with Crippen LogP contribution >= 0.6 is 0 Å². The zero-order valence-electron chi connectivity index (χ0n) is 11.9. The Hall–Kier alpha value is -2.37. The maximum Gasteiger partial charge on any atom is 0.352 e. The van der Waals surface area contributed by atoms with Crippen LogP contribution in [-0.2, 0) is 0 Å². The highest BCUT2D eigenvalue weighted by Crippen LogP contribution is 2.27. The van der Waals surface area contributed by atoms with Crippen LogP contribution in [0.4, 0.5) is 5.82 Å². The molecule has 1 saturated heterocycles. The van der Waals surface area contributed by atoms with E-state index >= 15 is 0 Å². The van der Waals surface area contributed by atoms with Crippen LogP contribution in [0.2, 0.25) is 0 Å². The highest BCUT2D eigenvalue weighted by Gasteiger charge is 2.24. The molecule has 0 amide bonds.